The first-order chi connectivity index (χ1) is 11.8. The first-order valence-corrected chi connectivity index (χ1v) is 9.18. The van der Waals surface area contributed by atoms with Crippen LogP contribution < -0.4 is 0 Å². The Morgan fingerprint density at radius 2 is 2.04 bits per heavy atom. The molecule has 4 rings (SSSR count). The third-order valence-corrected chi connectivity index (χ3v) is 5.37. The van der Waals surface area contributed by atoms with Crippen LogP contribution in [0.1, 0.15) is 9.67 Å². The molecule has 0 bridgehead atoms. The van der Waals surface area contributed by atoms with Crippen LogP contribution >= 0.6 is 22.7 Å². The van der Waals surface area contributed by atoms with E-state index in [1.807, 2.05) is 28.5 Å². The first kappa shape index (κ1) is 16.8. The second-order valence-corrected chi connectivity index (χ2v) is 6.87. The fourth-order valence-corrected chi connectivity index (χ4v) is 4.02. The highest BCUT2D eigenvalue weighted by molar-refractivity contribution is 7.20. The molecule has 0 aromatic carbocycles. The molecule has 3 aromatic rings. The minimum absolute atomic E-state index is 0.0714. The largest absolute Gasteiger partial charge is 0.378 e. The van der Waals surface area contributed by atoms with Gasteiger partial charge in [0.05, 0.1) is 18.1 Å². The summed E-state index contributed by atoms with van der Waals surface area (Å²) >= 11 is 3.01. The molecule has 0 radical (unpaired) electrons. The second-order valence-electron chi connectivity index (χ2n) is 4.94. The Labute approximate surface area is 148 Å². The third kappa shape index (κ3) is 3.38. The van der Waals surface area contributed by atoms with E-state index in [0.717, 1.165) is 25.8 Å². The van der Waals surface area contributed by atoms with Crippen molar-refractivity contribution in [1.29, 1.82) is 0 Å². The average molecular weight is 359 g/mol. The lowest BCUT2D eigenvalue weighted by Gasteiger charge is -2.26. The minimum Gasteiger partial charge on any atom is -0.378 e. The van der Waals surface area contributed by atoms with Crippen LogP contribution in [0.15, 0.2) is 42.9 Å². The Hall–Kier alpha value is -2.09. The van der Waals surface area contributed by atoms with Crippen LogP contribution in [-0.2, 0) is 4.74 Å². The molecule has 0 spiro atoms. The molecule has 4 heterocycles. The summed E-state index contributed by atoms with van der Waals surface area (Å²) in [5, 5.41) is 3.83. The van der Waals surface area contributed by atoms with Gasteiger partial charge in [-0.1, -0.05) is 0 Å². The van der Waals surface area contributed by atoms with Gasteiger partial charge in [-0.2, -0.15) is 0 Å². The van der Waals surface area contributed by atoms with Crippen molar-refractivity contribution in [1.82, 2.24) is 14.9 Å². The fraction of sp³-hybridized carbons (Fsp3) is 0.235. The van der Waals surface area contributed by atoms with Gasteiger partial charge in [-0.15, -0.1) is 35.8 Å². The van der Waals surface area contributed by atoms with Crippen molar-refractivity contribution in [3.8, 4) is 10.7 Å². The van der Waals surface area contributed by atoms with Crippen molar-refractivity contribution in [2.24, 2.45) is 0 Å². The van der Waals surface area contributed by atoms with Gasteiger partial charge in [0.1, 0.15) is 15.5 Å². The first-order valence-electron chi connectivity index (χ1n) is 7.49. The monoisotopic (exact) mass is 359 g/mol. The summed E-state index contributed by atoms with van der Waals surface area (Å²) in [7, 11) is 0. The van der Waals surface area contributed by atoms with E-state index in [-0.39, 0.29) is 5.91 Å². The highest BCUT2D eigenvalue weighted by atomic mass is 32.1. The summed E-state index contributed by atoms with van der Waals surface area (Å²) in [4.78, 5) is 24.9. The van der Waals surface area contributed by atoms with Gasteiger partial charge in [-0.25, -0.2) is 9.97 Å². The zero-order valence-corrected chi connectivity index (χ0v) is 14.7. The third-order valence-electron chi connectivity index (χ3n) is 3.54. The van der Waals surface area contributed by atoms with Crippen LogP contribution in [0.5, 0.6) is 0 Å². The van der Waals surface area contributed by atoms with Crippen LogP contribution in [0.3, 0.4) is 0 Å². The number of nitrogens with zero attached hydrogens (tertiary/aromatic N) is 3. The molecule has 1 amide bonds. The van der Waals surface area contributed by atoms with Crippen LogP contribution in [-0.4, -0.2) is 47.1 Å². The zero-order valence-electron chi connectivity index (χ0n) is 13.1. The van der Waals surface area contributed by atoms with Gasteiger partial charge in [0, 0.05) is 30.1 Å². The second kappa shape index (κ2) is 7.65. The van der Waals surface area contributed by atoms with E-state index in [9.17, 15) is 4.79 Å². The summed E-state index contributed by atoms with van der Waals surface area (Å²) in [6.45, 7) is 8.54. The maximum absolute atomic E-state index is 12.5. The Kier molecular flexibility index (Phi) is 5.34. The Bertz CT molecular complexity index is 824. The summed E-state index contributed by atoms with van der Waals surface area (Å²) in [5.41, 5.74) is 0.856. The molecule has 0 unspecified atom stereocenters. The van der Waals surface area contributed by atoms with Crippen molar-refractivity contribution < 1.29 is 9.53 Å². The number of pyridine rings is 1. The van der Waals surface area contributed by atoms with Crippen molar-refractivity contribution in [2.45, 2.75) is 0 Å². The molecule has 3 aromatic heterocycles. The molecule has 0 saturated carbocycles. The van der Waals surface area contributed by atoms with E-state index in [4.69, 9.17) is 4.74 Å². The molecule has 1 aliphatic rings. The number of morpholine rings is 1. The average Bonchev–Trinajstić information content (AvgIpc) is 3.32. The maximum Gasteiger partial charge on any atom is 0.264 e. The number of thiophene rings is 1. The van der Waals surface area contributed by atoms with E-state index in [1.165, 1.54) is 11.3 Å². The Morgan fingerprint density at radius 3 is 2.75 bits per heavy atom. The summed E-state index contributed by atoms with van der Waals surface area (Å²) in [6, 6.07) is 5.89. The standard InChI is InChI=1S/C15H13N3O2S2.C2H4/c19-15(18-4-6-20-7-5-18)12-9-10-1-2-11(17-13(10)22-12)14-16-3-8-21-14;1-2/h1-3,8-9H,4-7H2;1-2H2. The van der Waals surface area contributed by atoms with Gasteiger partial charge >= 0.3 is 0 Å². The summed E-state index contributed by atoms with van der Waals surface area (Å²) < 4.78 is 5.29. The number of fused-ring (bicyclic) bond motifs is 1. The van der Waals surface area contributed by atoms with E-state index >= 15 is 0 Å². The molecular formula is C17H17N3O2S2. The number of aromatic nitrogens is 2. The quantitative estimate of drug-likeness (QED) is 0.655. The number of rotatable bonds is 2. The van der Waals surface area contributed by atoms with Crippen molar-refractivity contribution >= 4 is 38.8 Å². The maximum atomic E-state index is 12.5. The predicted octanol–water partition coefficient (Wildman–Crippen LogP) is 3.69. The molecule has 0 aliphatic carbocycles. The van der Waals surface area contributed by atoms with E-state index in [0.29, 0.717) is 26.3 Å². The molecule has 7 heteroatoms. The van der Waals surface area contributed by atoms with Crippen molar-refractivity contribution in [3.63, 3.8) is 0 Å². The van der Waals surface area contributed by atoms with E-state index < -0.39 is 0 Å². The van der Waals surface area contributed by atoms with Gasteiger partial charge < -0.3 is 9.64 Å². The minimum atomic E-state index is 0.0714. The molecule has 0 atom stereocenters. The number of hydrogen-bond acceptors (Lipinski definition) is 6. The molecule has 124 valence electrons. The van der Waals surface area contributed by atoms with Crippen LogP contribution in [0.25, 0.3) is 20.9 Å². The molecule has 0 N–H and O–H groups in total. The zero-order chi connectivity index (χ0) is 16.9. The Morgan fingerprint density at radius 1 is 1.25 bits per heavy atom. The molecule has 24 heavy (non-hydrogen) atoms. The molecule has 1 fully saturated rings. The van der Waals surface area contributed by atoms with Crippen molar-refractivity contribution in [2.75, 3.05) is 26.3 Å². The fourth-order valence-electron chi connectivity index (χ4n) is 2.41. The number of carbonyl (C=O) groups excluding carboxylic acids is 1. The summed E-state index contributed by atoms with van der Waals surface area (Å²) in [5.74, 6) is 0.0714. The van der Waals surface area contributed by atoms with Crippen molar-refractivity contribution in [3.05, 3.63) is 47.8 Å². The molecule has 1 aliphatic heterocycles. The summed E-state index contributed by atoms with van der Waals surface area (Å²) in [6.07, 6.45) is 1.77. The highest BCUT2D eigenvalue weighted by Crippen LogP contribution is 2.29. The van der Waals surface area contributed by atoms with Crippen LogP contribution in [0.4, 0.5) is 0 Å². The smallest absolute Gasteiger partial charge is 0.264 e. The lowest BCUT2D eigenvalue weighted by Crippen LogP contribution is -2.40. The predicted molar refractivity (Wildman–Crippen MR) is 98.7 cm³/mol. The van der Waals surface area contributed by atoms with Gasteiger partial charge in [-0.3, -0.25) is 4.79 Å². The Balaban J connectivity index is 0.000000815. The van der Waals surface area contributed by atoms with Gasteiger partial charge in [0.15, 0.2) is 0 Å². The number of carbonyl (C=O) groups is 1. The van der Waals surface area contributed by atoms with Gasteiger partial charge in [-0.05, 0) is 18.2 Å². The lowest BCUT2D eigenvalue weighted by atomic mass is 10.2. The van der Waals surface area contributed by atoms with Gasteiger partial charge in [0.2, 0.25) is 0 Å². The molecule has 1 saturated heterocycles. The highest BCUT2D eigenvalue weighted by Gasteiger charge is 2.20. The number of thiazole rings is 1. The normalized spacial score (nSPS) is 14.2. The van der Waals surface area contributed by atoms with Crippen LogP contribution in [0, 0.1) is 0 Å². The molecule has 5 nitrogen and oxygen atoms in total. The number of hydrogen-bond donors (Lipinski definition) is 0. The number of ether oxygens (including phenoxy) is 1. The molecular weight excluding hydrogens is 342 g/mol. The SMILES string of the molecule is C=C.O=C(c1cc2ccc(-c3nccs3)nc2s1)N1CCOCC1. The number of amides is 1. The van der Waals surface area contributed by atoms with E-state index in [1.54, 1.807) is 17.5 Å². The van der Waals surface area contributed by atoms with E-state index in [2.05, 4.69) is 23.1 Å². The topological polar surface area (TPSA) is 55.3 Å². The lowest BCUT2D eigenvalue weighted by molar-refractivity contribution is 0.0306. The van der Waals surface area contributed by atoms with Gasteiger partial charge in [0.25, 0.3) is 5.91 Å². The van der Waals surface area contributed by atoms with Crippen LogP contribution in [0.2, 0.25) is 0 Å².